The third-order valence-corrected chi connectivity index (χ3v) is 4.23. The molecule has 10 heteroatoms. The van der Waals surface area contributed by atoms with Gasteiger partial charge in [0.1, 0.15) is 6.10 Å². The van der Waals surface area contributed by atoms with Crippen molar-refractivity contribution in [2.75, 3.05) is 57.5 Å². The molecule has 0 aromatic heterocycles. The lowest BCUT2D eigenvalue weighted by atomic mass is 10.4. The zero-order valence-electron chi connectivity index (χ0n) is 15.5. The molecule has 0 bridgehead atoms. The molecule has 0 radical (unpaired) electrons. The van der Waals surface area contributed by atoms with Crippen molar-refractivity contribution >= 4 is 29.5 Å². The van der Waals surface area contributed by atoms with Crippen LogP contribution in [0.5, 0.6) is 0 Å². The molecule has 0 aliphatic rings. The zero-order valence-corrected chi connectivity index (χ0v) is 16.3. The standard InChI is InChI=1S/C16H31N3O6S/c1-13(21)17-4-6-19(14(2)22)7-10-26-9-3-16(24)18-5-8-25-12-15(23)11-20/h15,20,23H,3-12H2,1-2H3,(H,17,21)(H,18,24). The Balaban J connectivity index is 3.65. The van der Waals surface area contributed by atoms with Gasteiger partial charge in [-0.1, -0.05) is 0 Å². The molecular formula is C16H31N3O6S. The van der Waals surface area contributed by atoms with Crippen molar-refractivity contribution in [3.63, 3.8) is 0 Å². The van der Waals surface area contributed by atoms with E-state index in [0.29, 0.717) is 38.4 Å². The summed E-state index contributed by atoms with van der Waals surface area (Å²) in [7, 11) is 0. The van der Waals surface area contributed by atoms with Crippen molar-refractivity contribution in [1.82, 2.24) is 15.5 Å². The maximum Gasteiger partial charge on any atom is 0.220 e. The van der Waals surface area contributed by atoms with Gasteiger partial charge in [-0.05, 0) is 0 Å². The average Bonchev–Trinajstić information content (AvgIpc) is 2.58. The molecule has 26 heavy (non-hydrogen) atoms. The van der Waals surface area contributed by atoms with Gasteiger partial charge in [-0.25, -0.2) is 0 Å². The number of hydrogen-bond donors (Lipinski definition) is 4. The Morgan fingerprint density at radius 1 is 1.12 bits per heavy atom. The Morgan fingerprint density at radius 3 is 2.46 bits per heavy atom. The molecule has 0 saturated carbocycles. The second kappa shape index (κ2) is 15.9. The van der Waals surface area contributed by atoms with E-state index in [9.17, 15) is 14.4 Å². The van der Waals surface area contributed by atoms with E-state index < -0.39 is 6.10 Å². The topological polar surface area (TPSA) is 128 Å². The van der Waals surface area contributed by atoms with Crippen LogP contribution in [-0.2, 0) is 19.1 Å². The summed E-state index contributed by atoms with van der Waals surface area (Å²) >= 11 is 1.58. The molecule has 0 aliphatic carbocycles. The summed E-state index contributed by atoms with van der Waals surface area (Å²) < 4.78 is 5.08. The molecule has 0 rings (SSSR count). The molecule has 0 spiro atoms. The molecule has 9 nitrogen and oxygen atoms in total. The normalized spacial score (nSPS) is 11.7. The number of carbonyl (C=O) groups excluding carboxylic acids is 3. The highest BCUT2D eigenvalue weighted by Gasteiger charge is 2.08. The van der Waals surface area contributed by atoms with Crippen LogP contribution in [0.4, 0.5) is 0 Å². The van der Waals surface area contributed by atoms with Crippen molar-refractivity contribution in [2.24, 2.45) is 0 Å². The molecule has 0 fully saturated rings. The predicted octanol–water partition coefficient (Wildman–Crippen LogP) is -1.42. The maximum atomic E-state index is 11.6. The molecule has 3 amide bonds. The average molecular weight is 394 g/mol. The van der Waals surface area contributed by atoms with E-state index in [1.54, 1.807) is 16.7 Å². The highest BCUT2D eigenvalue weighted by molar-refractivity contribution is 7.99. The first kappa shape index (κ1) is 24.6. The lowest BCUT2D eigenvalue weighted by Crippen LogP contribution is -2.38. The summed E-state index contributed by atoms with van der Waals surface area (Å²) in [6.45, 7) is 4.72. The van der Waals surface area contributed by atoms with E-state index >= 15 is 0 Å². The monoisotopic (exact) mass is 393 g/mol. The highest BCUT2D eigenvalue weighted by Crippen LogP contribution is 2.04. The Labute approximate surface area is 158 Å². The lowest BCUT2D eigenvalue weighted by molar-refractivity contribution is -0.129. The summed E-state index contributed by atoms with van der Waals surface area (Å²) in [6.07, 6.45) is -0.523. The van der Waals surface area contributed by atoms with Crippen LogP contribution >= 0.6 is 11.8 Å². The zero-order chi connectivity index (χ0) is 19.8. The first-order chi connectivity index (χ1) is 12.4. The number of aliphatic hydroxyl groups is 2. The van der Waals surface area contributed by atoms with Crippen LogP contribution in [0.1, 0.15) is 20.3 Å². The van der Waals surface area contributed by atoms with Crippen molar-refractivity contribution in [3.8, 4) is 0 Å². The molecule has 4 N–H and O–H groups in total. The number of carbonyl (C=O) groups is 3. The van der Waals surface area contributed by atoms with Gasteiger partial charge in [-0.15, -0.1) is 0 Å². The minimum Gasteiger partial charge on any atom is -0.394 e. The number of aliphatic hydroxyl groups excluding tert-OH is 2. The molecule has 152 valence electrons. The van der Waals surface area contributed by atoms with Gasteiger partial charge in [0.15, 0.2) is 0 Å². The summed E-state index contributed by atoms with van der Waals surface area (Å²) in [4.78, 5) is 35.7. The first-order valence-electron chi connectivity index (χ1n) is 8.57. The van der Waals surface area contributed by atoms with Crippen LogP contribution in [0.25, 0.3) is 0 Å². The fraction of sp³-hybridized carbons (Fsp3) is 0.812. The van der Waals surface area contributed by atoms with Crippen LogP contribution in [0.3, 0.4) is 0 Å². The van der Waals surface area contributed by atoms with Crippen LogP contribution in [0.15, 0.2) is 0 Å². The summed E-state index contributed by atoms with van der Waals surface area (Å²) in [5.74, 6) is 1.12. The van der Waals surface area contributed by atoms with Gasteiger partial charge in [-0.3, -0.25) is 14.4 Å². The smallest absolute Gasteiger partial charge is 0.220 e. The second-order valence-corrected chi connectivity index (χ2v) is 6.84. The van der Waals surface area contributed by atoms with Crippen molar-refractivity contribution in [2.45, 2.75) is 26.4 Å². The highest BCUT2D eigenvalue weighted by atomic mass is 32.2. The molecule has 1 unspecified atom stereocenters. The Morgan fingerprint density at radius 2 is 1.85 bits per heavy atom. The minimum absolute atomic E-state index is 0.0385. The second-order valence-electron chi connectivity index (χ2n) is 5.61. The molecule has 0 heterocycles. The van der Waals surface area contributed by atoms with Gasteiger partial charge in [-0.2, -0.15) is 11.8 Å². The molecule has 0 aliphatic heterocycles. The van der Waals surface area contributed by atoms with Gasteiger partial charge >= 0.3 is 0 Å². The van der Waals surface area contributed by atoms with E-state index in [-0.39, 0.29) is 37.5 Å². The fourth-order valence-corrected chi connectivity index (χ4v) is 2.74. The van der Waals surface area contributed by atoms with Crippen molar-refractivity contribution in [3.05, 3.63) is 0 Å². The van der Waals surface area contributed by atoms with Crippen LogP contribution in [-0.4, -0.2) is 96.4 Å². The fourth-order valence-electron chi connectivity index (χ4n) is 1.86. The largest absolute Gasteiger partial charge is 0.394 e. The van der Waals surface area contributed by atoms with Gasteiger partial charge in [0.2, 0.25) is 17.7 Å². The van der Waals surface area contributed by atoms with Gasteiger partial charge < -0.3 is 30.5 Å². The number of rotatable bonds is 15. The number of hydrogen-bond acceptors (Lipinski definition) is 7. The number of thioether (sulfide) groups is 1. The third-order valence-electron chi connectivity index (χ3n) is 3.27. The van der Waals surface area contributed by atoms with E-state index in [2.05, 4.69) is 10.6 Å². The number of nitrogens with one attached hydrogen (secondary N) is 2. The molecule has 0 saturated heterocycles. The van der Waals surface area contributed by atoms with E-state index in [4.69, 9.17) is 14.9 Å². The van der Waals surface area contributed by atoms with Gasteiger partial charge in [0.05, 0.1) is 19.8 Å². The molecule has 1 atom stereocenters. The molecule has 0 aromatic carbocycles. The van der Waals surface area contributed by atoms with E-state index in [0.717, 1.165) is 5.75 Å². The van der Waals surface area contributed by atoms with Gasteiger partial charge in [0.25, 0.3) is 0 Å². The number of ether oxygens (including phenoxy) is 1. The lowest BCUT2D eigenvalue weighted by Gasteiger charge is -2.20. The van der Waals surface area contributed by atoms with E-state index in [1.165, 1.54) is 13.8 Å². The summed E-state index contributed by atoms with van der Waals surface area (Å²) in [5.41, 5.74) is 0. The summed E-state index contributed by atoms with van der Waals surface area (Å²) in [6, 6.07) is 0. The maximum absolute atomic E-state index is 11.6. The Bertz CT molecular complexity index is 425. The Hall–Kier alpha value is -1.36. The van der Waals surface area contributed by atoms with Crippen molar-refractivity contribution in [1.29, 1.82) is 0 Å². The minimum atomic E-state index is -0.894. The number of amides is 3. The third kappa shape index (κ3) is 14.9. The summed E-state index contributed by atoms with van der Waals surface area (Å²) in [5, 5.41) is 23.0. The Kier molecular flexibility index (Phi) is 15.0. The van der Waals surface area contributed by atoms with Gasteiger partial charge in [0, 0.05) is 58.0 Å². The SMILES string of the molecule is CC(=O)NCCN(CCSCCC(=O)NCCOCC(O)CO)C(C)=O. The molecule has 0 aromatic rings. The first-order valence-corrected chi connectivity index (χ1v) is 9.73. The number of nitrogens with zero attached hydrogens (tertiary/aromatic N) is 1. The molecular weight excluding hydrogens is 362 g/mol. The quantitative estimate of drug-likeness (QED) is 0.251. The van der Waals surface area contributed by atoms with Crippen LogP contribution < -0.4 is 10.6 Å². The predicted molar refractivity (Wildman–Crippen MR) is 99.8 cm³/mol. The van der Waals surface area contributed by atoms with Crippen molar-refractivity contribution < 1.29 is 29.3 Å². The van der Waals surface area contributed by atoms with Crippen LogP contribution in [0.2, 0.25) is 0 Å². The van der Waals surface area contributed by atoms with E-state index in [1.807, 2.05) is 0 Å². The van der Waals surface area contributed by atoms with Crippen LogP contribution in [0, 0.1) is 0 Å².